The van der Waals surface area contributed by atoms with Crippen LogP contribution in [0, 0.1) is 12.3 Å². The van der Waals surface area contributed by atoms with Crippen LogP contribution >= 0.6 is 0 Å². The highest BCUT2D eigenvalue weighted by Crippen LogP contribution is 2.29. The van der Waals surface area contributed by atoms with E-state index in [1.54, 1.807) is 0 Å². The van der Waals surface area contributed by atoms with Crippen molar-refractivity contribution >= 4 is 5.91 Å². The first kappa shape index (κ1) is 12.1. The molecule has 3 nitrogen and oxygen atoms in total. The monoisotopic (exact) mass is 208 g/mol. The molecule has 0 heterocycles. The molecule has 1 aliphatic carbocycles. The molecule has 84 valence electrons. The van der Waals surface area contributed by atoms with Gasteiger partial charge in [-0.15, -0.1) is 6.42 Å². The Labute approximate surface area is 92.0 Å². The molecule has 3 heteroatoms. The summed E-state index contributed by atoms with van der Waals surface area (Å²) in [6.45, 7) is 4.38. The van der Waals surface area contributed by atoms with E-state index >= 15 is 0 Å². The van der Waals surface area contributed by atoms with Gasteiger partial charge in [0.2, 0.25) is 5.91 Å². The van der Waals surface area contributed by atoms with E-state index in [2.05, 4.69) is 23.5 Å². The Hall–Kier alpha value is -1.01. The molecule has 1 unspecified atom stereocenters. The quantitative estimate of drug-likeness (QED) is 0.678. The summed E-state index contributed by atoms with van der Waals surface area (Å²) in [5.74, 6) is 2.38. The van der Waals surface area contributed by atoms with Crippen LogP contribution in [0.25, 0.3) is 0 Å². The van der Waals surface area contributed by atoms with E-state index in [9.17, 15) is 4.79 Å². The van der Waals surface area contributed by atoms with Crippen LogP contribution < -0.4 is 10.6 Å². The van der Waals surface area contributed by atoms with Crippen molar-refractivity contribution < 1.29 is 4.79 Å². The molecule has 1 atom stereocenters. The molecule has 0 aliphatic heterocycles. The minimum Gasteiger partial charge on any atom is -0.344 e. The van der Waals surface area contributed by atoms with E-state index in [0.717, 1.165) is 12.8 Å². The van der Waals surface area contributed by atoms with Gasteiger partial charge in [0.15, 0.2) is 0 Å². The van der Waals surface area contributed by atoms with Crippen LogP contribution in [-0.4, -0.2) is 24.0 Å². The smallest absolute Gasteiger partial charge is 0.237 e. The van der Waals surface area contributed by atoms with Crippen molar-refractivity contribution in [3.05, 3.63) is 0 Å². The molecule has 1 saturated carbocycles. The molecular weight excluding hydrogens is 188 g/mol. The number of carbonyl (C=O) groups excluding carboxylic acids is 1. The maximum absolute atomic E-state index is 11.6. The Morgan fingerprint density at radius 1 is 1.53 bits per heavy atom. The summed E-state index contributed by atoms with van der Waals surface area (Å²) in [6.07, 6.45) is 9.89. The van der Waals surface area contributed by atoms with E-state index in [0.29, 0.717) is 6.54 Å². The topological polar surface area (TPSA) is 41.1 Å². The third-order valence-corrected chi connectivity index (χ3v) is 3.03. The van der Waals surface area contributed by atoms with Gasteiger partial charge in [0.05, 0.1) is 12.6 Å². The number of nitrogens with one attached hydrogen (secondary N) is 2. The van der Waals surface area contributed by atoms with Gasteiger partial charge in [-0.25, -0.2) is 0 Å². The summed E-state index contributed by atoms with van der Waals surface area (Å²) >= 11 is 0. The fourth-order valence-corrected chi connectivity index (χ4v) is 2.18. The second-order valence-corrected chi connectivity index (χ2v) is 4.56. The number of terminal acetylenes is 1. The van der Waals surface area contributed by atoms with Gasteiger partial charge in [-0.1, -0.05) is 18.8 Å². The molecule has 0 aromatic rings. The van der Waals surface area contributed by atoms with E-state index in [4.69, 9.17) is 6.42 Å². The molecule has 15 heavy (non-hydrogen) atoms. The molecule has 1 fully saturated rings. The highest BCUT2D eigenvalue weighted by molar-refractivity contribution is 5.81. The number of carbonyl (C=O) groups is 1. The van der Waals surface area contributed by atoms with Gasteiger partial charge in [0.25, 0.3) is 0 Å². The van der Waals surface area contributed by atoms with E-state index in [1.165, 1.54) is 12.8 Å². The predicted molar refractivity (Wildman–Crippen MR) is 61.3 cm³/mol. The number of rotatable bonds is 4. The average Bonchev–Trinajstić information content (AvgIpc) is 2.61. The van der Waals surface area contributed by atoms with Crippen molar-refractivity contribution in [1.29, 1.82) is 0 Å². The van der Waals surface area contributed by atoms with Crippen LogP contribution in [0.3, 0.4) is 0 Å². The van der Waals surface area contributed by atoms with Gasteiger partial charge < -0.3 is 10.6 Å². The first-order chi connectivity index (χ1) is 7.07. The lowest BCUT2D eigenvalue weighted by Gasteiger charge is -2.29. The number of hydrogen-bond acceptors (Lipinski definition) is 2. The zero-order chi connectivity index (χ0) is 11.3. The Balaban J connectivity index is 2.37. The molecule has 0 bridgehead atoms. The maximum atomic E-state index is 11.6. The Bertz CT molecular complexity index is 261. The Kier molecular flexibility index (Phi) is 4.16. The lowest BCUT2D eigenvalue weighted by Crippen LogP contribution is -2.51. The molecule has 1 amide bonds. The van der Waals surface area contributed by atoms with Crippen molar-refractivity contribution in [2.24, 2.45) is 0 Å². The first-order valence-corrected chi connectivity index (χ1v) is 5.56. The van der Waals surface area contributed by atoms with Crippen LogP contribution in [0.4, 0.5) is 0 Å². The fourth-order valence-electron chi connectivity index (χ4n) is 2.18. The Morgan fingerprint density at radius 2 is 2.13 bits per heavy atom. The Morgan fingerprint density at radius 3 is 2.67 bits per heavy atom. The highest BCUT2D eigenvalue weighted by atomic mass is 16.2. The largest absolute Gasteiger partial charge is 0.344 e. The zero-order valence-corrected chi connectivity index (χ0v) is 9.60. The highest BCUT2D eigenvalue weighted by Gasteiger charge is 2.31. The summed E-state index contributed by atoms with van der Waals surface area (Å²) in [6, 6.07) is -0.165. The summed E-state index contributed by atoms with van der Waals surface area (Å²) < 4.78 is 0. The normalized spacial score (nSPS) is 20.6. The van der Waals surface area contributed by atoms with Crippen molar-refractivity contribution in [3.63, 3.8) is 0 Å². The van der Waals surface area contributed by atoms with Gasteiger partial charge in [0, 0.05) is 5.54 Å². The average molecular weight is 208 g/mol. The molecule has 1 rings (SSSR count). The molecule has 0 spiro atoms. The molecular formula is C12H20N2O. The first-order valence-electron chi connectivity index (χ1n) is 5.56. The summed E-state index contributed by atoms with van der Waals surface area (Å²) in [4.78, 5) is 11.6. The maximum Gasteiger partial charge on any atom is 0.237 e. The molecule has 1 aliphatic rings. The van der Waals surface area contributed by atoms with Gasteiger partial charge in [-0.05, 0) is 26.7 Å². The zero-order valence-electron chi connectivity index (χ0n) is 9.60. The van der Waals surface area contributed by atoms with Crippen LogP contribution in [0.1, 0.15) is 39.5 Å². The second-order valence-electron chi connectivity index (χ2n) is 4.56. The third-order valence-electron chi connectivity index (χ3n) is 3.03. The lowest BCUT2D eigenvalue weighted by atomic mass is 9.99. The van der Waals surface area contributed by atoms with Crippen LogP contribution in [-0.2, 0) is 4.79 Å². The van der Waals surface area contributed by atoms with Crippen molar-refractivity contribution in [3.8, 4) is 12.3 Å². The minimum absolute atomic E-state index is 0.0129. The van der Waals surface area contributed by atoms with Crippen molar-refractivity contribution in [2.75, 3.05) is 6.54 Å². The van der Waals surface area contributed by atoms with Gasteiger partial charge >= 0.3 is 0 Å². The third kappa shape index (κ3) is 3.56. The number of amides is 1. The summed E-state index contributed by atoms with van der Waals surface area (Å²) in [5, 5.41) is 6.07. The lowest BCUT2D eigenvalue weighted by molar-refractivity contribution is -0.123. The molecule has 0 aromatic carbocycles. The van der Waals surface area contributed by atoms with Crippen LogP contribution in [0.15, 0.2) is 0 Å². The molecule has 0 aromatic heterocycles. The minimum atomic E-state index is -0.165. The standard InChI is InChI=1S/C12H20N2O/c1-4-9-13-11(15)10(2)14-12(3)7-5-6-8-12/h1,10,14H,5-9H2,2-3H3,(H,13,15). The van der Waals surface area contributed by atoms with Crippen LogP contribution in [0.2, 0.25) is 0 Å². The van der Waals surface area contributed by atoms with Crippen LogP contribution in [0.5, 0.6) is 0 Å². The summed E-state index contributed by atoms with van der Waals surface area (Å²) in [5.41, 5.74) is 0.132. The van der Waals surface area contributed by atoms with Gasteiger partial charge in [-0.3, -0.25) is 4.79 Å². The number of hydrogen-bond donors (Lipinski definition) is 2. The van der Waals surface area contributed by atoms with Crippen molar-refractivity contribution in [1.82, 2.24) is 10.6 Å². The van der Waals surface area contributed by atoms with E-state index < -0.39 is 0 Å². The SMILES string of the molecule is C#CCNC(=O)C(C)NC1(C)CCCC1. The fraction of sp³-hybridized carbons (Fsp3) is 0.750. The molecule has 0 saturated heterocycles. The molecule has 0 radical (unpaired) electrons. The van der Waals surface area contributed by atoms with Crippen molar-refractivity contribution in [2.45, 2.75) is 51.1 Å². The predicted octanol–water partition coefficient (Wildman–Crippen LogP) is 1.05. The van der Waals surface area contributed by atoms with Gasteiger partial charge in [-0.2, -0.15) is 0 Å². The molecule has 2 N–H and O–H groups in total. The van der Waals surface area contributed by atoms with E-state index in [1.807, 2.05) is 6.92 Å². The second kappa shape index (κ2) is 5.18. The van der Waals surface area contributed by atoms with E-state index in [-0.39, 0.29) is 17.5 Å². The van der Waals surface area contributed by atoms with Gasteiger partial charge in [0.1, 0.15) is 0 Å². The summed E-state index contributed by atoms with van der Waals surface area (Å²) in [7, 11) is 0.